The lowest BCUT2D eigenvalue weighted by Crippen LogP contribution is -2.39. The molecule has 0 unspecified atom stereocenters. The van der Waals surface area contributed by atoms with Gasteiger partial charge in [0, 0.05) is 23.0 Å². The fraction of sp³-hybridized carbons (Fsp3) is 0.333. The quantitative estimate of drug-likeness (QED) is 0.892. The molecule has 0 bridgehead atoms. The third kappa shape index (κ3) is 2.24. The van der Waals surface area contributed by atoms with Crippen molar-refractivity contribution in [2.75, 3.05) is 5.73 Å². The summed E-state index contributed by atoms with van der Waals surface area (Å²) < 4.78 is 2.49. The average Bonchev–Trinajstić information content (AvgIpc) is 2.80. The van der Waals surface area contributed by atoms with E-state index in [0.29, 0.717) is 0 Å². The van der Waals surface area contributed by atoms with E-state index in [1.54, 1.807) is 18.4 Å². The molecule has 0 aliphatic carbocycles. The van der Waals surface area contributed by atoms with E-state index in [1.165, 1.54) is 20.2 Å². The average molecular weight is 265 g/mol. The van der Waals surface area contributed by atoms with Crippen LogP contribution in [0.15, 0.2) is 27.9 Å². The molecule has 2 rings (SSSR count). The Bertz CT molecular complexity index is 647. The number of nitrogen functional groups attached to an aromatic ring is 1. The molecule has 96 valence electrons. The highest BCUT2D eigenvalue weighted by Gasteiger charge is 2.09. The molecule has 0 saturated carbocycles. The number of anilines is 1. The van der Waals surface area contributed by atoms with Gasteiger partial charge in [-0.3, -0.25) is 9.36 Å². The van der Waals surface area contributed by atoms with E-state index in [0.717, 1.165) is 11.3 Å². The molecule has 0 aliphatic rings. The van der Waals surface area contributed by atoms with Crippen LogP contribution in [-0.4, -0.2) is 9.13 Å². The minimum absolute atomic E-state index is 0.0874. The smallest absolute Gasteiger partial charge is 0.331 e. The van der Waals surface area contributed by atoms with E-state index in [-0.39, 0.29) is 17.9 Å². The zero-order valence-electron chi connectivity index (χ0n) is 10.3. The predicted octanol–water partition coefficient (Wildman–Crippen LogP) is 0.801. The maximum absolute atomic E-state index is 11.9. The lowest BCUT2D eigenvalue weighted by Gasteiger charge is -2.06. The molecule has 2 aromatic rings. The maximum Gasteiger partial charge on any atom is 0.331 e. The number of hydrogen-bond acceptors (Lipinski definition) is 4. The molecule has 5 nitrogen and oxygen atoms in total. The first-order chi connectivity index (χ1) is 8.52. The molecule has 0 spiro atoms. The molecular weight excluding hydrogens is 250 g/mol. The van der Waals surface area contributed by atoms with Crippen molar-refractivity contribution in [1.29, 1.82) is 0 Å². The van der Waals surface area contributed by atoms with Crippen LogP contribution in [0.1, 0.15) is 16.7 Å². The molecule has 2 heterocycles. The van der Waals surface area contributed by atoms with E-state index in [2.05, 4.69) is 6.92 Å². The number of nitrogens with zero attached hydrogens (tertiary/aromatic N) is 2. The number of hydrogen-bond donors (Lipinski definition) is 1. The van der Waals surface area contributed by atoms with Crippen molar-refractivity contribution in [3.63, 3.8) is 0 Å². The Morgan fingerprint density at radius 2 is 1.94 bits per heavy atom. The first kappa shape index (κ1) is 12.6. The van der Waals surface area contributed by atoms with Crippen LogP contribution in [0.3, 0.4) is 0 Å². The summed E-state index contributed by atoms with van der Waals surface area (Å²) in [5.41, 5.74) is 4.90. The second-order valence-electron chi connectivity index (χ2n) is 4.09. The fourth-order valence-electron chi connectivity index (χ4n) is 1.74. The van der Waals surface area contributed by atoms with Crippen LogP contribution in [0.5, 0.6) is 0 Å². The van der Waals surface area contributed by atoms with E-state index in [1.807, 2.05) is 12.1 Å². The molecule has 0 saturated heterocycles. The summed E-state index contributed by atoms with van der Waals surface area (Å²) in [4.78, 5) is 26.0. The summed E-state index contributed by atoms with van der Waals surface area (Å²) in [6.45, 7) is 2.35. The van der Waals surface area contributed by atoms with Gasteiger partial charge < -0.3 is 10.3 Å². The second-order valence-corrected chi connectivity index (χ2v) is 5.34. The van der Waals surface area contributed by atoms with Gasteiger partial charge in [0.15, 0.2) is 0 Å². The van der Waals surface area contributed by atoms with Crippen LogP contribution >= 0.6 is 11.3 Å². The normalized spacial score (nSPS) is 10.8. The molecule has 0 fully saturated rings. The summed E-state index contributed by atoms with van der Waals surface area (Å²) in [6.07, 6.45) is 2.31. The molecule has 0 radical (unpaired) electrons. The Morgan fingerprint density at radius 3 is 2.56 bits per heavy atom. The number of aryl methyl sites for hydroxylation is 2. The zero-order valence-corrected chi connectivity index (χ0v) is 11.2. The molecule has 18 heavy (non-hydrogen) atoms. The van der Waals surface area contributed by atoms with E-state index in [9.17, 15) is 9.59 Å². The highest BCUT2D eigenvalue weighted by atomic mass is 32.1. The first-order valence-electron chi connectivity index (χ1n) is 5.66. The van der Waals surface area contributed by atoms with Crippen molar-refractivity contribution in [3.8, 4) is 0 Å². The molecule has 2 N–H and O–H groups in total. The fourth-order valence-corrected chi connectivity index (χ4v) is 2.69. The number of nitrogens with two attached hydrogens (primary N) is 1. The van der Waals surface area contributed by atoms with Crippen molar-refractivity contribution in [2.24, 2.45) is 7.05 Å². The maximum atomic E-state index is 11.9. The Balaban J connectivity index is 2.46. The lowest BCUT2D eigenvalue weighted by molar-refractivity contribution is 0.648. The molecular formula is C12H15N3O2S. The van der Waals surface area contributed by atoms with Gasteiger partial charge >= 0.3 is 5.69 Å². The Hall–Kier alpha value is -1.82. The lowest BCUT2D eigenvalue weighted by atomic mass is 10.3. The third-order valence-electron chi connectivity index (χ3n) is 2.74. The highest BCUT2D eigenvalue weighted by Crippen LogP contribution is 2.17. The van der Waals surface area contributed by atoms with Crippen LogP contribution in [0.4, 0.5) is 5.69 Å². The minimum atomic E-state index is -0.426. The van der Waals surface area contributed by atoms with Gasteiger partial charge in [-0.05, 0) is 18.6 Å². The number of rotatable bonds is 3. The topological polar surface area (TPSA) is 70.0 Å². The van der Waals surface area contributed by atoms with E-state index < -0.39 is 5.56 Å². The molecule has 0 aliphatic heterocycles. The first-order valence-corrected chi connectivity index (χ1v) is 6.48. The summed E-state index contributed by atoms with van der Waals surface area (Å²) in [6, 6.07) is 3.96. The van der Waals surface area contributed by atoms with E-state index in [4.69, 9.17) is 5.73 Å². The molecule has 6 heteroatoms. The molecule has 2 aromatic heterocycles. The van der Waals surface area contributed by atoms with Gasteiger partial charge in [-0.1, -0.05) is 6.92 Å². The van der Waals surface area contributed by atoms with Crippen molar-refractivity contribution in [1.82, 2.24) is 9.13 Å². The Morgan fingerprint density at radius 1 is 1.28 bits per heavy atom. The SMILES string of the molecule is CCc1ccc(Cn2c(=O)c(N)cn(C)c2=O)s1. The van der Waals surface area contributed by atoms with Gasteiger partial charge in [-0.25, -0.2) is 4.79 Å². The summed E-state index contributed by atoms with van der Waals surface area (Å²) in [5, 5.41) is 0. The highest BCUT2D eigenvalue weighted by molar-refractivity contribution is 7.11. The van der Waals surface area contributed by atoms with Crippen LogP contribution in [-0.2, 0) is 20.0 Å². The Kier molecular flexibility index (Phi) is 3.38. The minimum Gasteiger partial charge on any atom is -0.393 e. The predicted molar refractivity (Wildman–Crippen MR) is 73.2 cm³/mol. The van der Waals surface area contributed by atoms with Crippen LogP contribution < -0.4 is 17.0 Å². The summed E-state index contributed by atoms with van der Waals surface area (Å²) in [5.74, 6) is 0. The number of thiophene rings is 1. The van der Waals surface area contributed by atoms with Gasteiger partial charge in [0.05, 0.1) is 6.54 Å². The largest absolute Gasteiger partial charge is 0.393 e. The molecule has 0 aromatic carbocycles. The monoisotopic (exact) mass is 265 g/mol. The van der Waals surface area contributed by atoms with Crippen molar-refractivity contribution >= 4 is 17.0 Å². The Labute approximate surface area is 108 Å². The van der Waals surface area contributed by atoms with Crippen molar-refractivity contribution in [3.05, 3.63) is 48.9 Å². The summed E-state index contributed by atoms with van der Waals surface area (Å²) in [7, 11) is 1.58. The summed E-state index contributed by atoms with van der Waals surface area (Å²) >= 11 is 1.61. The van der Waals surface area contributed by atoms with Crippen LogP contribution in [0, 0.1) is 0 Å². The molecule has 0 atom stereocenters. The second kappa shape index (κ2) is 4.81. The standard InChI is InChI=1S/C12H15N3O2S/c1-3-8-4-5-9(18-8)6-15-11(16)10(13)7-14(2)12(15)17/h4-5,7H,3,6,13H2,1-2H3. The van der Waals surface area contributed by atoms with E-state index >= 15 is 0 Å². The van der Waals surface area contributed by atoms with Crippen molar-refractivity contribution < 1.29 is 0 Å². The third-order valence-corrected chi connectivity index (χ3v) is 3.95. The van der Waals surface area contributed by atoms with Gasteiger partial charge in [0.2, 0.25) is 0 Å². The van der Waals surface area contributed by atoms with Gasteiger partial charge in [-0.2, -0.15) is 0 Å². The van der Waals surface area contributed by atoms with Crippen LogP contribution in [0.2, 0.25) is 0 Å². The van der Waals surface area contributed by atoms with Crippen molar-refractivity contribution in [2.45, 2.75) is 19.9 Å². The number of aromatic nitrogens is 2. The zero-order chi connectivity index (χ0) is 13.3. The van der Waals surface area contributed by atoms with Gasteiger partial charge in [0.1, 0.15) is 5.69 Å². The van der Waals surface area contributed by atoms with Crippen LogP contribution in [0.25, 0.3) is 0 Å². The van der Waals surface area contributed by atoms with Gasteiger partial charge in [0.25, 0.3) is 5.56 Å². The molecule has 0 amide bonds. The van der Waals surface area contributed by atoms with Gasteiger partial charge in [-0.15, -0.1) is 11.3 Å².